The van der Waals surface area contributed by atoms with Crippen molar-refractivity contribution in [3.8, 4) is 0 Å². The van der Waals surface area contributed by atoms with Crippen molar-refractivity contribution < 1.29 is 9.59 Å². The maximum atomic E-state index is 12.3. The number of aryl methyl sites for hydroxylation is 1. The maximum absolute atomic E-state index is 12.3. The van der Waals surface area contributed by atoms with E-state index in [1.165, 1.54) is 22.7 Å². The molecule has 1 aromatic heterocycles. The average molecular weight is 379 g/mol. The van der Waals surface area contributed by atoms with Crippen LogP contribution in [0.3, 0.4) is 0 Å². The Bertz CT molecular complexity index is 982. The summed E-state index contributed by atoms with van der Waals surface area (Å²) in [5, 5.41) is 4.16. The molecule has 0 saturated carbocycles. The second-order valence-corrected chi connectivity index (χ2v) is 7.52. The van der Waals surface area contributed by atoms with Gasteiger partial charge in [0.05, 0.1) is 11.4 Å². The summed E-state index contributed by atoms with van der Waals surface area (Å²) in [6, 6.07) is 18.1. The fourth-order valence-corrected chi connectivity index (χ4v) is 4.28. The summed E-state index contributed by atoms with van der Waals surface area (Å²) in [6.45, 7) is 1.50. The van der Waals surface area contributed by atoms with Crippen LogP contribution in [0, 0.1) is 0 Å². The SMILES string of the molecule is O=C(CN1C(=O)CSc2ccccc21)NCCCn1ccc2ccccc21. The van der Waals surface area contributed by atoms with Crippen LogP contribution in [-0.4, -0.2) is 35.2 Å². The predicted molar refractivity (Wildman–Crippen MR) is 109 cm³/mol. The Morgan fingerprint density at radius 1 is 1.07 bits per heavy atom. The largest absolute Gasteiger partial charge is 0.354 e. The van der Waals surface area contributed by atoms with Crippen LogP contribution in [-0.2, 0) is 16.1 Å². The molecular weight excluding hydrogens is 358 g/mol. The van der Waals surface area contributed by atoms with Crippen LogP contribution in [0.25, 0.3) is 10.9 Å². The fourth-order valence-electron chi connectivity index (χ4n) is 3.34. The number of aromatic nitrogens is 1. The Morgan fingerprint density at radius 2 is 1.89 bits per heavy atom. The second-order valence-electron chi connectivity index (χ2n) is 6.51. The maximum Gasteiger partial charge on any atom is 0.240 e. The van der Waals surface area contributed by atoms with Gasteiger partial charge in [0.15, 0.2) is 0 Å². The molecule has 6 heteroatoms. The van der Waals surface area contributed by atoms with Crippen molar-refractivity contribution in [3.05, 3.63) is 60.8 Å². The number of hydrogen-bond acceptors (Lipinski definition) is 3. The number of thioether (sulfide) groups is 1. The molecule has 5 nitrogen and oxygen atoms in total. The third-order valence-corrected chi connectivity index (χ3v) is 5.74. The van der Waals surface area contributed by atoms with Gasteiger partial charge < -0.3 is 14.8 Å². The number of fused-ring (bicyclic) bond motifs is 2. The molecule has 0 saturated heterocycles. The van der Waals surface area contributed by atoms with Crippen molar-refractivity contribution in [1.29, 1.82) is 0 Å². The molecule has 2 amide bonds. The zero-order chi connectivity index (χ0) is 18.6. The molecule has 0 spiro atoms. The van der Waals surface area contributed by atoms with Crippen LogP contribution in [0.4, 0.5) is 5.69 Å². The van der Waals surface area contributed by atoms with Crippen molar-refractivity contribution in [3.63, 3.8) is 0 Å². The van der Waals surface area contributed by atoms with E-state index in [1.54, 1.807) is 4.90 Å². The Morgan fingerprint density at radius 3 is 2.81 bits per heavy atom. The lowest BCUT2D eigenvalue weighted by molar-refractivity contribution is -0.123. The average Bonchev–Trinajstić information content (AvgIpc) is 3.11. The first kappa shape index (κ1) is 17.7. The third-order valence-electron chi connectivity index (χ3n) is 4.69. The van der Waals surface area contributed by atoms with Crippen molar-refractivity contribution in [1.82, 2.24) is 9.88 Å². The molecule has 0 unspecified atom stereocenters. The first-order valence-electron chi connectivity index (χ1n) is 9.05. The molecule has 2 aromatic carbocycles. The molecule has 0 fully saturated rings. The van der Waals surface area contributed by atoms with E-state index in [9.17, 15) is 9.59 Å². The Labute approximate surface area is 162 Å². The molecule has 1 N–H and O–H groups in total. The lowest BCUT2D eigenvalue weighted by atomic mass is 10.2. The van der Waals surface area contributed by atoms with Crippen LogP contribution in [0.5, 0.6) is 0 Å². The molecule has 0 bridgehead atoms. The van der Waals surface area contributed by atoms with Crippen LogP contribution < -0.4 is 10.2 Å². The molecule has 27 heavy (non-hydrogen) atoms. The van der Waals surface area contributed by atoms with Gasteiger partial charge in [-0.25, -0.2) is 0 Å². The monoisotopic (exact) mass is 379 g/mol. The first-order valence-corrected chi connectivity index (χ1v) is 10.0. The van der Waals surface area contributed by atoms with Gasteiger partial charge in [0.2, 0.25) is 11.8 Å². The van der Waals surface area contributed by atoms with Gasteiger partial charge in [0.25, 0.3) is 0 Å². The van der Waals surface area contributed by atoms with Gasteiger partial charge >= 0.3 is 0 Å². The minimum absolute atomic E-state index is 0.0207. The van der Waals surface area contributed by atoms with Gasteiger partial charge in [-0.3, -0.25) is 9.59 Å². The zero-order valence-corrected chi connectivity index (χ0v) is 15.7. The summed E-state index contributed by atoms with van der Waals surface area (Å²) in [5.74, 6) is 0.237. The van der Waals surface area contributed by atoms with E-state index in [1.807, 2.05) is 36.4 Å². The molecule has 138 valence electrons. The third kappa shape index (κ3) is 3.85. The summed E-state index contributed by atoms with van der Waals surface area (Å²) in [6.07, 6.45) is 2.91. The van der Waals surface area contributed by atoms with Gasteiger partial charge in [-0.2, -0.15) is 0 Å². The van der Waals surface area contributed by atoms with Crippen LogP contribution in [0.1, 0.15) is 6.42 Å². The van der Waals surface area contributed by atoms with Gasteiger partial charge in [-0.15, -0.1) is 11.8 Å². The quantitative estimate of drug-likeness (QED) is 0.669. The number of anilines is 1. The molecule has 1 aliphatic heterocycles. The number of carbonyl (C=O) groups excluding carboxylic acids is 2. The number of rotatable bonds is 6. The van der Waals surface area contributed by atoms with Crippen molar-refractivity contribution in [2.75, 3.05) is 23.7 Å². The number of para-hydroxylation sites is 2. The smallest absolute Gasteiger partial charge is 0.240 e. The first-order chi connectivity index (χ1) is 13.2. The minimum Gasteiger partial charge on any atom is -0.354 e. The standard InChI is InChI=1S/C21H21N3O2S/c25-20(14-24-18-8-3-4-9-19(18)27-15-21(24)26)22-11-5-12-23-13-10-16-6-1-2-7-17(16)23/h1-4,6-10,13H,5,11-12,14-15H2,(H,22,25). The van der Waals surface area contributed by atoms with Gasteiger partial charge in [0, 0.05) is 29.7 Å². The summed E-state index contributed by atoms with van der Waals surface area (Å²) in [5.41, 5.74) is 2.03. The topological polar surface area (TPSA) is 54.3 Å². The number of nitrogens with zero attached hydrogens (tertiary/aromatic N) is 2. The molecule has 0 aliphatic carbocycles. The van der Waals surface area contributed by atoms with E-state index in [-0.39, 0.29) is 18.4 Å². The second kappa shape index (κ2) is 7.88. The highest BCUT2D eigenvalue weighted by molar-refractivity contribution is 8.00. The van der Waals surface area contributed by atoms with Crippen LogP contribution in [0.2, 0.25) is 0 Å². The molecule has 1 aliphatic rings. The number of amides is 2. The summed E-state index contributed by atoms with van der Waals surface area (Å²) >= 11 is 1.52. The highest BCUT2D eigenvalue weighted by Gasteiger charge is 2.25. The van der Waals surface area contributed by atoms with E-state index in [0.29, 0.717) is 12.3 Å². The van der Waals surface area contributed by atoms with Crippen molar-refractivity contribution in [2.45, 2.75) is 17.9 Å². The van der Waals surface area contributed by atoms with E-state index < -0.39 is 0 Å². The normalized spacial score (nSPS) is 13.6. The molecule has 0 radical (unpaired) electrons. The van der Waals surface area contributed by atoms with E-state index in [4.69, 9.17) is 0 Å². The van der Waals surface area contributed by atoms with Crippen molar-refractivity contribution in [2.24, 2.45) is 0 Å². The Kier molecular flexibility index (Phi) is 5.16. The highest BCUT2D eigenvalue weighted by Crippen LogP contribution is 2.34. The number of hydrogen-bond donors (Lipinski definition) is 1. The highest BCUT2D eigenvalue weighted by atomic mass is 32.2. The van der Waals surface area contributed by atoms with Gasteiger partial charge in [-0.1, -0.05) is 30.3 Å². The predicted octanol–water partition coefficient (Wildman–Crippen LogP) is 3.29. The fraction of sp³-hybridized carbons (Fsp3) is 0.238. The van der Waals surface area contributed by atoms with E-state index >= 15 is 0 Å². The Hall–Kier alpha value is -2.73. The molecule has 4 rings (SSSR count). The van der Waals surface area contributed by atoms with Crippen LogP contribution >= 0.6 is 11.8 Å². The van der Waals surface area contributed by atoms with Gasteiger partial charge in [0.1, 0.15) is 6.54 Å². The molecular formula is C21H21N3O2S. The van der Waals surface area contributed by atoms with E-state index in [2.05, 4.69) is 34.3 Å². The van der Waals surface area contributed by atoms with Crippen LogP contribution in [0.15, 0.2) is 65.7 Å². The number of carbonyl (C=O) groups is 2. The van der Waals surface area contributed by atoms with Gasteiger partial charge in [-0.05, 0) is 36.1 Å². The number of nitrogens with one attached hydrogen (secondary N) is 1. The minimum atomic E-state index is -0.123. The molecule has 2 heterocycles. The zero-order valence-electron chi connectivity index (χ0n) is 14.9. The number of benzene rings is 2. The summed E-state index contributed by atoms with van der Waals surface area (Å²) in [4.78, 5) is 27.2. The molecule has 0 atom stereocenters. The van der Waals surface area contributed by atoms with Crippen molar-refractivity contribution >= 4 is 40.2 Å². The summed E-state index contributed by atoms with van der Waals surface area (Å²) in [7, 11) is 0. The molecule has 3 aromatic rings. The summed E-state index contributed by atoms with van der Waals surface area (Å²) < 4.78 is 2.20. The lowest BCUT2D eigenvalue weighted by Gasteiger charge is -2.28. The van der Waals surface area contributed by atoms with E-state index in [0.717, 1.165) is 23.5 Å². The lowest BCUT2D eigenvalue weighted by Crippen LogP contribution is -2.43. The Balaban J connectivity index is 1.29.